The number of rotatable bonds is 6. The number of likely N-dealkylation sites (N-methyl/N-ethyl adjacent to an activating group) is 1. The minimum Gasteiger partial charge on any atom is -0.363 e. The van der Waals surface area contributed by atoms with Crippen LogP contribution in [0.4, 0.5) is 30.5 Å². The Labute approximate surface area is 233 Å². The Morgan fingerprint density at radius 1 is 1.10 bits per heavy atom. The van der Waals surface area contributed by atoms with Crippen LogP contribution in [0.15, 0.2) is 23.0 Å². The maximum atomic E-state index is 13.8. The average molecular weight is 582 g/mol. The van der Waals surface area contributed by atoms with E-state index in [4.69, 9.17) is 16.6 Å². The van der Waals surface area contributed by atoms with Gasteiger partial charge < -0.3 is 29.9 Å². The van der Waals surface area contributed by atoms with E-state index in [1.54, 1.807) is 4.57 Å². The summed E-state index contributed by atoms with van der Waals surface area (Å²) in [5, 5.41) is 10.2. The Balaban J connectivity index is 1.54. The monoisotopic (exact) mass is 581 g/mol. The summed E-state index contributed by atoms with van der Waals surface area (Å²) in [5.74, 6) is 0.102. The van der Waals surface area contributed by atoms with Gasteiger partial charge in [0.05, 0.1) is 22.0 Å². The maximum Gasteiger partial charge on any atom is 0.416 e. The van der Waals surface area contributed by atoms with Gasteiger partial charge in [-0.25, -0.2) is 0 Å². The first-order valence-corrected chi connectivity index (χ1v) is 13.5. The van der Waals surface area contributed by atoms with Crippen LogP contribution in [0.3, 0.4) is 0 Å². The van der Waals surface area contributed by atoms with E-state index < -0.39 is 17.6 Å². The molecule has 15 heteroatoms. The van der Waals surface area contributed by atoms with Crippen molar-refractivity contribution in [2.75, 3.05) is 74.5 Å². The second-order valence-electron chi connectivity index (χ2n) is 9.93. The maximum absolute atomic E-state index is 13.8. The lowest BCUT2D eigenvalue weighted by molar-refractivity contribution is -0.137. The number of alkyl halides is 3. The molecule has 0 spiro atoms. The van der Waals surface area contributed by atoms with Crippen molar-refractivity contribution in [3.63, 3.8) is 0 Å². The van der Waals surface area contributed by atoms with E-state index in [9.17, 15) is 22.8 Å². The third-order valence-corrected chi connectivity index (χ3v) is 7.55. The van der Waals surface area contributed by atoms with Crippen molar-refractivity contribution in [1.29, 1.82) is 0 Å². The molecule has 0 bridgehead atoms. The van der Waals surface area contributed by atoms with Gasteiger partial charge in [-0.05, 0) is 31.7 Å². The number of carbonyl (C=O) groups is 1. The van der Waals surface area contributed by atoms with E-state index in [2.05, 4.69) is 20.6 Å². The van der Waals surface area contributed by atoms with Crippen molar-refractivity contribution >= 4 is 40.6 Å². The summed E-state index contributed by atoms with van der Waals surface area (Å²) in [6.45, 7) is 7.32. The molecule has 2 fully saturated rings. The number of nitrogens with zero attached hydrogens (tertiary/aromatic N) is 7. The van der Waals surface area contributed by atoms with Crippen LogP contribution in [-0.4, -0.2) is 89.4 Å². The lowest BCUT2D eigenvalue weighted by Gasteiger charge is -2.31. The van der Waals surface area contributed by atoms with Gasteiger partial charge >= 0.3 is 6.18 Å². The number of hydrogen-bond donors (Lipinski definition) is 2. The van der Waals surface area contributed by atoms with Crippen LogP contribution in [0.2, 0.25) is 5.02 Å². The third-order valence-electron chi connectivity index (χ3n) is 7.24. The molecule has 3 aromatic rings. The summed E-state index contributed by atoms with van der Waals surface area (Å²) in [6, 6.07) is 2.76. The van der Waals surface area contributed by atoms with Crippen LogP contribution >= 0.6 is 11.6 Å². The highest BCUT2D eigenvalue weighted by atomic mass is 35.5. The van der Waals surface area contributed by atoms with Crippen molar-refractivity contribution in [2.45, 2.75) is 26.1 Å². The SMILES string of the molecule is CCc1c(N2CCNCC2)c(=O)n2nc(N3CCN(C)CC3)nc2n1CC(=O)Nc1ccc(C(F)(F)F)cc1Cl. The van der Waals surface area contributed by atoms with E-state index in [0.29, 0.717) is 63.0 Å². The minimum absolute atomic E-state index is 0.0525. The quantitative estimate of drug-likeness (QED) is 0.455. The van der Waals surface area contributed by atoms with Crippen molar-refractivity contribution in [1.82, 2.24) is 29.4 Å². The molecule has 2 aliphatic rings. The van der Waals surface area contributed by atoms with E-state index in [1.165, 1.54) is 4.52 Å². The van der Waals surface area contributed by atoms with Crippen LogP contribution in [0.1, 0.15) is 18.2 Å². The predicted octanol–water partition coefficient (Wildman–Crippen LogP) is 1.93. The van der Waals surface area contributed by atoms with Gasteiger partial charge in [-0.1, -0.05) is 18.5 Å². The van der Waals surface area contributed by atoms with Gasteiger partial charge in [0.1, 0.15) is 12.2 Å². The fraction of sp³-hybridized carbons (Fsp3) is 0.520. The Kier molecular flexibility index (Phi) is 7.93. The summed E-state index contributed by atoms with van der Waals surface area (Å²) in [4.78, 5) is 37.9. The number of aromatic nitrogens is 4. The van der Waals surface area contributed by atoms with Gasteiger partial charge in [-0.15, -0.1) is 5.10 Å². The molecule has 2 saturated heterocycles. The number of carbonyl (C=O) groups excluding carboxylic acids is 1. The normalized spacial score (nSPS) is 17.1. The van der Waals surface area contributed by atoms with Gasteiger partial charge in [0.2, 0.25) is 17.6 Å². The summed E-state index contributed by atoms with van der Waals surface area (Å²) in [6.07, 6.45) is -4.12. The lowest BCUT2D eigenvalue weighted by Crippen LogP contribution is -2.47. The third kappa shape index (κ3) is 5.60. The molecule has 2 N–H and O–H groups in total. The van der Waals surface area contributed by atoms with Crippen molar-refractivity contribution in [2.24, 2.45) is 0 Å². The first kappa shape index (κ1) is 28.2. The molecule has 1 aromatic carbocycles. The molecule has 1 amide bonds. The van der Waals surface area contributed by atoms with Gasteiger partial charge in [-0.3, -0.25) is 9.59 Å². The molecule has 2 aromatic heterocycles. The summed E-state index contributed by atoms with van der Waals surface area (Å²) in [7, 11) is 2.03. The largest absolute Gasteiger partial charge is 0.416 e. The first-order chi connectivity index (χ1) is 19.1. The molecule has 0 radical (unpaired) electrons. The Hall–Kier alpha value is -3.36. The van der Waals surface area contributed by atoms with Gasteiger partial charge in [-0.2, -0.15) is 22.7 Å². The molecule has 0 unspecified atom stereocenters. The van der Waals surface area contributed by atoms with Gasteiger partial charge in [0.25, 0.3) is 5.56 Å². The van der Waals surface area contributed by atoms with E-state index >= 15 is 0 Å². The Bertz CT molecular complexity index is 1460. The number of fused-ring (bicyclic) bond motifs is 1. The Morgan fingerprint density at radius 3 is 2.42 bits per heavy atom. The number of nitrogens with one attached hydrogen (secondary N) is 2. The number of amides is 1. The summed E-state index contributed by atoms with van der Waals surface area (Å²) >= 11 is 6.07. The van der Waals surface area contributed by atoms with Gasteiger partial charge in [0.15, 0.2) is 0 Å². The van der Waals surface area contributed by atoms with Crippen LogP contribution < -0.4 is 26.0 Å². The highest BCUT2D eigenvalue weighted by molar-refractivity contribution is 6.33. The lowest BCUT2D eigenvalue weighted by atomic mass is 10.2. The molecule has 2 aliphatic heterocycles. The highest BCUT2D eigenvalue weighted by Crippen LogP contribution is 2.34. The number of benzene rings is 1. The number of anilines is 3. The molecule has 40 heavy (non-hydrogen) atoms. The topological polar surface area (TPSA) is 103 Å². The van der Waals surface area contributed by atoms with Crippen molar-refractivity contribution in [3.8, 4) is 0 Å². The second kappa shape index (κ2) is 11.3. The fourth-order valence-corrected chi connectivity index (χ4v) is 5.30. The highest BCUT2D eigenvalue weighted by Gasteiger charge is 2.31. The molecule has 11 nitrogen and oxygen atoms in total. The first-order valence-electron chi connectivity index (χ1n) is 13.1. The second-order valence-corrected chi connectivity index (χ2v) is 10.3. The molecule has 216 valence electrons. The molecule has 5 rings (SSSR count). The molecular weight excluding hydrogens is 551 g/mol. The average Bonchev–Trinajstić information content (AvgIpc) is 3.37. The Morgan fingerprint density at radius 2 is 1.80 bits per heavy atom. The molecule has 0 saturated carbocycles. The molecule has 4 heterocycles. The standard InChI is InChI=1S/C25H31ClF3N9O2/c1-3-19-21(35-8-6-30-7-9-35)22(40)38-24(32-23(33-38)36-12-10-34(2)11-13-36)37(19)15-20(39)31-18-5-4-16(14-17(18)26)25(27,28)29/h4-5,14,30H,3,6-13,15H2,1-2H3,(H,31,39). The van der Waals surface area contributed by atoms with Crippen molar-refractivity contribution < 1.29 is 18.0 Å². The molecular formula is C25H31ClF3N9O2. The number of hydrogen-bond acceptors (Lipinski definition) is 8. The summed E-state index contributed by atoms with van der Waals surface area (Å²) in [5.41, 5.74) is -0.0655. The number of halogens is 4. The predicted molar refractivity (Wildman–Crippen MR) is 147 cm³/mol. The minimum atomic E-state index is -4.56. The van der Waals surface area contributed by atoms with E-state index in [-0.39, 0.29) is 28.6 Å². The van der Waals surface area contributed by atoms with E-state index in [0.717, 1.165) is 31.3 Å². The fourth-order valence-electron chi connectivity index (χ4n) is 5.07. The van der Waals surface area contributed by atoms with Gasteiger partial charge in [0, 0.05) is 52.4 Å². The number of piperazine rings is 2. The van der Waals surface area contributed by atoms with Crippen LogP contribution in [0.25, 0.3) is 5.78 Å². The van der Waals surface area contributed by atoms with Crippen LogP contribution in [-0.2, 0) is 23.9 Å². The smallest absolute Gasteiger partial charge is 0.363 e. The van der Waals surface area contributed by atoms with Crippen LogP contribution in [0, 0.1) is 0 Å². The van der Waals surface area contributed by atoms with Crippen molar-refractivity contribution in [3.05, 3.63) is 44.8 Å². The van der Waals surface area contributed by atoms with E-state index in [1.807, 2.05) is 23.8 Å². The van der Waals surface area contributed by atoms with Crippen LogP contribution in [0.5, 0.6) is 0 Å². The molecule has 0 atom stereocenters. The zero-order chi connectivity index (χ0) is 28.6. The summed E-state index contributed by atoms with van der Waals surface area (Å²) < 4.78 is 42.1. The zero-order valence-electron chi connectivity index (χ0n) is 22.3. The molecule has 0 aliphatic carbocycles. The zero-order valence-corrected chi connectivity index (χ0v) is 23.0.